The predicted molar refractivity (Wildman–Crippen MR) is 86.3 cm³/mol. The van der Waals surface area contributed by atoms with Crippen molar-refractivity contribution < 1.29 is 4.74 Å². The van der Waals surface area contributed by atoms with Gasteiger partial charge in [-0.2, -0.15) is 0 Å². The molecule has 0 aliphatic rings. The van der Waals surface area contributed by atoms with Gasteiger partial charge in [0, 0.05) is 22.5 Å². The van der Waals surface area contributed by atoms with Crippen LogP contribution in [0.15, 0.2) is 48.7 Å². The van der Waals surface area contributed by atoms with Crippen LogP contribution >= 0.6 is 11.3 Å². The molecule has 1 aromatic carbocycles. The molecule has 0 spiro atoms. The third-order valence-corrected chi connectivity index (χ3v) is 3.91. The SMILES string of the molecule is NCC#Cc1ccc(COc2ccc3cccnc3c2)s1. The van der Waals surface area contributed by atoms with Gasteiger partial charge in [0.2, 0.25) is 0 Å². The summed E-state index contributed by atoms with van der Waals surface area (Å²) in [5.41, 5.74) is 6.30. The summed E-state index contributed by atoms with van der Waals surface area (Å²) in [7, 11) is 0. The van der Waals surface area contributed by atoms with Crippen LogP contribution in [-0.2, 0) is 6.61 Å². The predicted octanol–water partition coefficient (Wildman–Crippen LogP) is 3.19. The van der Waals surface area contributed by atoms with Gasteiger partial charge in [0.15, 0.2) is 0 Å². The van der Waals surface area contributed by atoms with E-state index in [1.54, 1.807) is 17.5 Å². The Hall–Kier alpha value is -2.35. The molecule has 2 heterocycles. The molecule has 104 valence electrons. The van der Waals surface area contributed by atoms with E-state index in [9.17, 15) is 0 Å². The number of pyridine rings is 1. The molecule has 0 radical (unpaired) electrons. The highest BCUT2D eigenvalue weighted by Gasteiger charge is 2.01. The molecular formula is C17H14N2OS. The van der Waals surface area contributed by atoms with Crippen molar-refractivity contribution in [2.24, 2.45) is 5.73 Å². The van der Waals surface area contributed by atoms with Gasteiger partial charge in [-0.1, -0.05) is 17.9 Å². The lowest BCUT2D eigenvalue weighted by Gasteiger charge is -2.05. The smallest absolute Gasteiger partial charge is 0.122 e. The molecule has 21 heavy (non-hydrogen) atoms. The summed E-state index contributed by atoms with van der Waals surface area (Å²) >= 11 is 1.63. The quantitative estimate of drug-likeness (QED) is 0.755. The van der Waals surface area contributed by atoms with E-state index in [1.807, 2.05) is 42.5 Å². The number of ether oxygens (including phenoxy) is 1. The summed E-state index contributed by atoms with van der Waals surface area (Å²) in [4.78, 5) is 6.48. The molecule has 0 saturated heterocycles. The summed E-state index contributed by atoms with van der Waals surface area (Å²) in [6.07, 6.45) is 1.79. The number of benzene rings is 1. The molecule has 2 aromatic heterocycles. The Balaban J connectivity index is 1.69. The first-order valence-corrected chi connectivity index (χ1v) is 7.42. The van der Waals surface area contributed by atoms with E-state index in [4.69, 9.17) is 10.5 Å². The summed E-state index contributed by atoms with van der Waals surface area (Å²) in [6, 6.07) is 13.9. The Bertz CT molecular complexity index is 814. The molecule has 0 aliphatic heterocycles. The van der Waals surface area contributed by atoms with Crippen LogP contribution in [0.5, 0.6) is 5.75 Å². The standard InChI is InChI=1S/C17H14N2OS/c18-9-1-4-15-7-8-16(21-15)12-20-14-6-5-13-3-2-10-19-17(13)11-14/h2-3,5-8,10-11H,9,12,18H2. The fourth-order valence-corrected chi connectivity index (χ4v) is 2.75. The van der Waals surface area contributed by atoms with Gasteiger partial charge < -0.3 is 10.5 Å². The zero-order valence-corrected chi connectivity index (χ0v) is 12.2. The molecular weight excluding hydrogens is 280 g/mol. The minimum atomic E-state index is 0.383. The number of rotatable bonds is 3. The van der Waals surface area contributed by atoms with E-state index in [1.165, 1.54) is 0 Å². The maximum atomic E-state index is 5.82. The van der Waals surface area contributed by atoms with Gasteiger partial charge in [-0.25, -0.2) is 0 Å². The average molecular weight is 294 g/mol. The second-order valence-electron chi connectivity index (χ2n) is 4.42. The number of hydrogen-bond donors (Lipinski definition) is 1. The van der Waals surface area contributed by atoms with E-state index in [2.05, 4.69) is 16.8 Å². The molecule has 0 fully saturated rings. The summed E-state index contributed by atoms with van der Waals surface area (Å²) in [5, 5.41) is 1.11. The molecule has 2 N–H and O–H groups in total. The van der Waals surface area contributed by atoms with Gasteiger partial charge in [0.25, 0.3) is 0 Å². The van der Waals surface area contributed by atoms with Crippen LogP contribution in [0, 0.1) is 11.8 Å². The fourth-order valence-electron chi connectivity index (χ4n) is 1.95. The first kappa shape index (κ1) is 13.6. The maximum absolute atomic E-state index is 5.82. The third kappa shape index (κ3) is 3.40. The molecule has 0 aliphatic carbocycles. The summed E-state index contributed by atoms with van der Waals surface area (Å²) in [5.74, 6) is 6.70. The molecule has 3 aromatic rings. The van der Waals surface area contributed by atoms with E-state index >= 15 is 0 Å². The molecule has 0 amide bonds. The van der Waals surface area contributed by atoms with Crippen LogP contribution in [0.2, 0.25) is 0 Å². The third-order valence-electron chi connectivity index (χ3n) is 2.93. The van der Waals surface area contributed by atoms with E-state index < -0.39 is 0 Å². The first-order chi connectivity index (χ1) is 10.3. The lowest BCUT2D eigenvalue weighted by Crippen LogP contribution is -1.93. The Morgan fingerprint density at radius 1 is 1.19 bits per heavy atom. The lowest BCUT2D eigenvalue weighted by molar-refractivity contribution is 0.310. The van der Waals surface area contributed by atoms with Crippen molar-refractivity contribution in [3.8, 4) is 17.6 Å². The van der Waals surface area contributed by atoms with Gasteiger partial charge >= 0.3 is 0 Å². The Labute approximate surface area is 127 Å². The van der Waals surface area contributed by atoms with Crippen molar-refractivity contribution in [1.82, 2.24) is 4.98 Å². The second-order valence-corrected chi connectivity index (χ2v) is 5.59. The van der Waals surface area contributed by atoms with E-state index in [0.717, 1.165) is 26.4 Å². The molecule has 0 saturated carbocycles. The summed E-state index contributed by atoms with van der Waals surface area (Å²) in [6.45, 7) is 0.918. The van der Waals surface area contributed by atoms with Crippen LogP contribution in [0.1, 0.15) is 9.75 Å². The van der Waals surface area contributed by atoms with Crippen molar-refractivity contribution in [3.63, 3.8) is 0 Å². The highest BCUT2D eigenvalue weighted by molar-refractivity contribution is 7.12. The summed E-state index contributed by atoms with van der Waals surface area (Å²) < 4.78 is 5.82. The van der Waals surface area contributed by atoms with Crippen LogP contribution in [0.4, 0.5) is 0 Å². The Morgan fingerprint density at radius 3 is 3.05 bits per heavy atom. The highest BCUT2D eigenvalue weighted by atomic mass is 32.1. The van der Waals surface area contributed by atoms with Gasteiger partial charge in [0.1, 0.15) is 12.4 Å². The van der Waals surface area contributed by atoms with E-state index in [-0.39, 0.29) is 0 Å². The van der Waals surface area contributed by atoms with Crippen LogP contribution in [0.25, 0.3) is 10.9 Å². The topological polar surface area (TPSA) is 48.1 Å². The van der Waals surface area contributed by atoms with Crippen molar-refractivity contribution >= 4 is 22.2 Å². The number of nitrogens with two attached hydrogens (primary N) is 1. The monoisotopic (exact) mass is 294 g/mol. The number of aromatic nitrogens is 1. The number of hydrogen-bond acceptors (Lipinski definition) is 4. The van der Waals surface area contributed by atoms with Crippen LogP contribution < -0.4 is 10.5 Å². The maximum Gasteiger partial charge on any atom is 0.122 e. The average Bonchev–Trinajstić information content (AvgIpc) is 2.98. The van der Waals surface area contributed by atoms with Crippen LogP contribution in [0.3, 0.4) is 0 Å². The van der Waals surface area contributed by atoms with Crippen molar-refractivity contribution in [2.45, 2.75) is 6.61 Å². The molecule has 0 atom stereocenters. The molecule has 4 heteroatoms. The zero-order chi connectivity index (χ0) is 14.5. The Morgan fingerprint density at radius 2 is 2.14 bits per heavy atom. The minimum absolute atomic E-state index is 0.383. The second kappa shape index (κ2) is 6.40. The number of nitrogens with zero attached hydrogens (tertiary/aromatic N) is 1. The highest BCUT2D eigenvalue weighted by Crippen LogP contribution is 2.22. The normalized spacial score (nSPS) is 10.1. The van der Waals surface area contributed by atoms with Crippen molar-refractivity contribution in [3.05, 3.63) is 58.4 Å². The fraction of sp³-hybridized carbons (Fsp3) is 0.118. The molecule has 3 rings (SSSR count). The zero-order valence-electron chi connectivity index (χ0n) is 11.4. The van der Waals surface area contributed by atoms with Gasteiger partial charge in [-0.3, -0.25) is 4.98 Å². The lowest BCUT2D eigenvalue weighted by atomic mass is 10.2. The minimum Gasteiger partial charge on any atom is -0.488 e. The van der Waals surface area contributed by atoms with Crippen molar-refractivity contribution in [2.75, 3.05) is 6.54 Å². The largest absolute Gasteiger partial charge is 0.488 e. The van der Waals surface area contributed by atoms with Gasteiger partial charge in [0.05, 0.1) is 16.9 Å². The van der Waals surface area contributed by atoms with Crippen LogP contribution in [-0.4, -0.2) is 11.5 Å². The van der Waals surface area contributed by atoms with Gasteiger partial charge in [-0.05, 0) is 30.3 Å². The number of fused-ring (bicyclic) bond motifs is 1. The van der Waals surface area contributed by atoms with Gasteiger partial charge in [-0.15, -0.1) is 11.3 Å². The molecule has 0 unspecified atom stereocenters. The molecule has 3 nitrogen and oxygen atoms in total. The van der Waals surface area contributed by atoms with Crippen molar-refractivity contribution in [1.29, 1.82) is 0 Å². The van der Waals surface area contributed by atoms with E-state index in [0.29, 0.717) is 13.2 Å². The first-order valence-electron chi connectivity index (χ1n) is 6.60. The Kier molecular flexibility index (Phi) is 4.15. The number of thiophene rings is 1. The molecule has 0 bridgehead atoms.